The molecule has 0 radical (unpaired) electrons. The third-order valence-electron chi connectivity index (χ3n) is 3.34. The molecule has 0 fully saturated rings. The molecule has 0 aliphatic carbocycles. The summed E-state index contributed by atoms with van der Waals surface area (Å²) < 4.78 is 0. The first kappa shape index (κ1) is 15.1. The smallest absolute Gasteiger partial charge is 0.258 e. The van der Waals surface area contributed by atoms with Gasteiger partial charge in [0, 0.05) is 23.4 Å². The van der Waals surface area contributed by atoms with Crippen molar-refractivity contribution in [2.75, 3.05) is 0 Å². The average Bonchev–Trinajstić information content (AvgIpc) is 2.53. The van der Waals surface area contributed by atoms with Crippen LogP contribution in [0.4, 0.5) is 11.4 Å². The van der Waals surface area contributed by atoms with E-state index in [4.69, 9.17) is 11.6 Å². The summed E-state index contributed by atoms with van der Waals surface area (Å²) in [6.45, 7) is 1.94. The summed E-state index contributed by atoms with van der Waals surface area (Å²) in [7, 11) is 0. The van der Waals surface area contributed by atoms with Gasteiger partial charge >= 0.3 is 0 Å². The zero-order valence-electron chi connectivity index (χ0n) is 12.2. The molecule has 0 spiro atoms. The fourth-order valence-corrected chi connectivity index (χ4v) is 2.38. The van der Waals surface area contributed by atoms with E-state index < -0.39 is 4.92 Å². The van der Waals surface area contributed by atoms with E-state index >= 15 is 0 Å². The largest absolute Gasteiger partial charge is 0.288 e. The monoisotopic (exact) mass is 325 g/mol. The van der Waals surface area contributed by atoms with Crippen LogP contribution in [0.5, 0.6) is 0 Å². The van der Waals surface area contributed by atoms with E-state index in [2.05, 4.69) is 9.98 Å². The van der Waals surface area contributed by atoms with Crippen molar-refractivity contribution in [3.8, 4) is 0 Å². The molecular weight excluding hydrogens is 314 g/mol. The molecule has 6 heteroatoms. The molecule has 0 N–H and O–H groups in total. The molecule has 3 aromatic rings. The number of hydrogen-bond donors (Lipinski definition) is 0. The quantitative estimate of drug-likeness (QED) is 0.392. The van der Waals surface area contributed by atoms with Gasteiger partial charge in [-0.25, -0.2) is 0 Å². The maximum absolute atomic E-state index is 10.9. The molecule has 0 amide bonds. The van der Waals surface area contributed by atoms with Crippen molar-refractivity contribution in [3.63, 3.8) is 0 Å². The second-order valence-corrected chi connectivity index (χ2v) is 5.46. The van der Waals surface area contributed by atoms with Gasteiger partial charge in [-0.2, -0.15) is 0 Å². The lowest BCUT2D eigenvalue weighted by atomic mass is 10.2. The maximum Gasteiger partial charge on any atom is 0.288 e. The fraction of sp³-hybridized carbons (Fsp3) is 0.0588. The number of fused-ring (bicyclic) bond motifs is 1. The van der Waals surface area contributed by atoms with Crippen LogP contribution >= 0.6 is 11.6 Å². The van der Waals surface area contributed by atoms with Gasteiger partial charge in [-0.3, -0.25) is 20.1 Å². The van der Waals surface area contributed by atoms with Crippen LogP contribution in [0, 0.1) is 17.0 Å². The first-order chi connectivity index (χ1) is 11.0. The second-order valence-electron chi connectivity index (χ2n) is 5.06. The SMILES string of the molecule is Cc1ccc2cc(N=Cc3ccc(Cl)c([N+](=O)[O-])c3)ccc2n1. The lowest BCUT2D eigenvalue weighted by Crippen LogP contribution is -1.91. The molecule has 0 aliphatic heterocycles. The van der Waals surface area contributed by atoms with Gasteiger partial charge in [0.2, 0.25) is 0 Å². The third-order valence-corrected chi connectivity index (χ3v) is 3.66. The Morgan fingerprint density at radius 1 is 1.17 bits per heavy atom. The van der Waals surface area contributed by atoms with Crippen molar-refractivity contribution in [3.05, 3.63) is 74.9 Å². The minimum absolute atomic E-state index is 0.110. The number of nitrogens with zero attached hydrogens (tertiary/aromatic N) is 3. The minimum atomic E-state index is -0.510. The molecule has 3 rings (SSSR count). The average molecular weight is 326 g/mol. The van der Waals surface area contributed by atoms with Crippen LogP contribution in [0.3, 0.4) is 0 Å². The molecule has 0 aliphatic rings. The lowest BCUT2D eigenvalue weighted by molar-refractivity contribution is -0.384. The van der Waals surface area contributed by atoms with Crippen molar-refractivity contribution >= 4 is 40.1 Å². The van der Waals surface area contributed by atoms with Crippen LogP contribution in [-0.2, 0) is 0 Å². The van der Waals surface area contributed by atoms with Crippen LogP contribution in [0.1, 0.15) is 11.3 Å². The first-order valence-corrected chi connectivity index (χ1v) is 7.26. The molecule has 2 aromatic carbocycles. The highest BCUT2D eigenvalue weighted by Gasteiger charge is 2.11. The number of aliphatic imine (C=N–C) groups is 1. The van der Waals surface area contributed by atoms with Gasteiger partial charge in [-0.1, -0.05) is 23.7 Å². The van der Waals surface area contributed by atoms with E-state index in [1.54, 1.807) is 12.3 Å². The standard InChI is InChI=1S/C17H12ClN3O2/c1-11-2-4-13-9-14(5-7-16(13)20-11)19-10-12-3-6-15(18)17(8-12)21(22)23/h2-10H,1H3. The van der Waals surface area contributed by atoms with E-state index in [-0.39, 0.29) is 10.7 Å². The summed E-state index contributed by atoms with van der Waals surface area (Å²) in [6, 6.07) is 14.2. The molecule has 114 valence electrons. The fourth-order valence-electron chi connectivity index (χ4n) is 2.19. The Morgan fingerprint density at radius 3 is 2.78 bits per heavy atom. The van der Waals surface area contributed by atoms with Gasteiger partial charge in [-0.15, -0.1) is 0 Å². The summed E-state index contributed by atoms with van der Waals surface area (Å²) in [5.41, 5.74) is 3.10. The van der Waals surface area contributed by atoms with E-state index in [9.17, 15) is 10.1 Å². The summed E-state index contributed by atoms with van der Waals surface area (Å²) >= 11 is 5.79. The van der Waals surface area contributed by atoms with Gasteiger partial charge < -0.3 is 0 Å². The molecule has 0 saturated heterocycles. The van der Waals surface area contributed by atoms with Crippen molar-refractivity contribution in [1.82, 2.24) is 4.98 Å². The molecule has 0 bridgehead atoms. The Labute approximate surface area is 137 Å². The van der Waals surface area contributed by atoms with Crippen LogP contribution in [0.25, 0.3) is 10.9 Å². The number of benzene rings is 2. The highest BCUT2D eigenvalue weighted by atomic mass is 35.5. The van der Waals surface area contributed by atoms with Gasteiger partial charge in [0.15, 0.2) is 0 Å². The Balaban J connectivity index is 1.92. The number of rotatable bonds is 3. The molecule has 23 heavy (non-hydrogen) atoms. The zero-order valence-corrected chi connectivity index (χ0v) is 13.0. The van der Waals surface area contributed by atoms with Crippen LogP contribution in [0.15, 0.2) is 53.5 Å². The normalized spacial score (nSPS) is 11.2. The lowest BCUT2D eigenvalue weighted by Gasteiger charge is -2.00. The van der Waals surface area contributed by atoms with E-state index in [1.165, 1.54) is 12.1 Å². The van der Waals surface area contributed by atoms with Crippen LogP contribution in [-0.4, -0.2) is 16.1 Å². The highest BCUT2D eigenvalue weighted by molar-refractivity contribution is 6.32. The molecule has 0 unspecified atom stereocenters. The molecule has 5 nitrogen and oxygen atoms in total. The number of halogens is 1. The maximum atomic E-state index is 10.9. The van der Waals surface area contributed by atoms with Gasteiger partial charge in [0.05, 0.1) is 16.1 Å². The molecule has 1 aromatic heterocycles. The summed E-state index contributed by atoms with van der Waals surface area (Å²) in [5, 5.41) is 12.0. The molecular formula is C17H12ClN3O2. The number of hydrogen-bond acceptors (Lipinski definition) is 4. The molecule has 1 heterocycles. The van der Waals surface area contributed by atoms with E-state index in [0.717, 1.165) is 22.3 Å². The van der Waals surface area contributed by atoms with Gasteiger partial charge in [0.25, 0.3) is 5.69 Å². The Kier molecular flexibility index (Phi) is 4.04. The molecule has 0 saturated carbocycles. The van der Waals surface area contributed by atoms with Crippen molar-refractivity contribution in [1.29, 1.82) is 0 Å². The number of pyridine rings is 1. The highest BCUT2D eigenvalue weighted by Crippen LogP contribution is 2.25. The first-order valence-electron chi connectivity index (χ1n) is 6.88. The summed E-state index contributed by atoms with van der Waals surface area (Å²) in [5.74, 6) is 0. The predicted molar refractivity (Wildman–Crippen MR) is 91.8 cm³/mol. The summed E-state index contributed by atoms with van der Waals surface area (Å²) in [6.07, 6.45) is 1.58. The zero-order chi connectivity index (χ0) is 16.4. The van der Waals surface area contributed by atoms with Gasteiger partial charge in [-0.05, 0) is 42.8 Å². The van der Waals surface area contributed by atoms with Crippen LogP contribution < -0.4 is 0 Å². The molecule has 0 atom stereocenters. The van der Waals surface area contributed by atoms with E-state index in [1.807, 2.05) is 37.3 Å². The van der Waals surface area contributed by atoms with Gasteiger partial charge in [0.1, 0.15) is 5.02 Å². The Bertz CT molecular complexity index is 938. The minimum Gasteiger partial charge on any atom is -0.258 e. The number of aryl methyl sites for hydroxylation is 1. The number of nitro groups is 1. The topological polar surface area (TPSA) is 68.4 Å². The predicted octanol–water partition coefficient (Wildman–Crippen LogP) is 4.86. The Hall–Kier alpha value is -2.79. The van der Waals surface area contributed by atoms with Crippen molar-refractivity contribution in [2.45, 2.75) is 6.92 Å². The third kappa shape index (κ3) is 3.35. The second kappa shape index (κ2) is 6.14. The number of nitro benzene ring substituents is 1. The van der Waals surface area contributed by atoms with Crippen molar-refractivity contribution in [2.24, 2.45) is 4.99 Å². The van der Waals surface area contributed by atoms with Crippen LogP contribution in [0.2, 0.25) is 5.02 Å². The van der Waals surface area contributed by atoms with Crippen molar-refractivity contribution < 1.29 is 4.92 Å². The van der Waals surface area contributed by atoms with E-state index in [0.29, 0.717) is 5.56 Å². The number of aromatic nitrogens is 1. The summed E-state index contributed by atoms with van der Waals surface area (Å²) in [4.78, 5) is 19.2. The Morgan fingerprint density at radius 2 is 2.00 bits per heavy atom.